The van der Waals surface area contributed by atoms with E-state index in [0.717, 1.165) is 38.7 Å². The maximum absolute atomic E-state index is 12.7. The van der Waals surface area contributed by atoms with Crippen molar-refractivity contribution in [2.24, 2.45) is 5.92 Å². The Morgan fingerprint density at radius 2 is 1.87 bits per heavy atom. The molecule has 2 spiro atoms. The minimum Gasteiger partial charge on any atom is -0.481 e. The highest BCUT2D eigenvalue weighted by molar-refractivity contribution is 7.89. The Morgan fingerprint density at radius 3 is 2.47 bits per heavy atom. The fraction of sp³-hybridized carbons (Fsp3) is 0.545. The molecule has 7 N–H and O–H groups in total. The summed E-state index contributed by atoms with van der Waals surface area (Å²) in [6.07, 6.45) is 5.53. The van der Waals surface area contributed by atoms with Gasteiger partial charge in [-0.05, 0) is 87.2 Å². The van der Waals surface area contributed by atoms with Gasteiger partial charge in [0.15, 0.2) is 11.5 Å². The number of fused-ring (bicyclic) bond motifs is 1. The lowest BCUT2D eigenvalue weighted by Gasteiger charge is -2.24. The lowest BCUT2D eigenvalue weighted by molar-refractivity contribution is -0.137. The number of thiol groups is 1. The Balaban J connectivity index is 1.28. The van der Waals surface area contributed by atoms with Crippen LogP contribution in [0.15, 0.2) is 35.1 Å². The molecule has 0 aliphatic carbocycles. The molecule has 0 bridgehead atoms. The van der Waals surface area contributed by atoms with Crippen molar-refractivity contribution in [3.05, 3.63) is 56.9 Å². The Bertz CT molecular complexity index is 1760. The lowest BCUT2D eigenvalue weighted by Crippen LogP contribution is -2.46. The molecule has 11 nitrogen and oxygen atoms in total. The van der Waals surface area contributed by atoms with E-state index in [0.29, 0.717) is 23.7 Å². The van der Waals surface area contributed by atoms with Gasteiger partial charge in [-0.2, -0.15) is 0 Å². The number of carbonyl (C=O) groups is 3. The molecule has 2 unspecified atom stereocenters. The van der Waals surface area contributed by atoms with E-state index in [1.165, 1.54) is 11.8 Å². The summed E-state index contributed by atoms with van der Waals surface area (Å²) in [5.74, 6) is -0.995. The predicted molar refractivity (Wildman–Crippen MR) is 171 cm³/mol. The van der Waals surface area contributed by atoms with Crippen LogP contribution in [-0.4, -0.2) is 88.6 Å². The molecule has 6 aliphatic rings. The molecule has 45 heavy (non-hydrogen) atoms. The van der Waals surface area contributed by atoms with E-state index in [-0.39, 0.29) is 53.4 Å². The second-order valence-corrected chi connectivity index (χ2v) is 15.4. The maximum Gasteiger partial charge on any atom is 0.305 e. The van der Waals surface area contributed by atoms with Gasteiger partial charge in [-0.25, -0.2) is 0 Å². The molecular formula is C33H42N5O6S+. The fourth-order valence-electron chi connectivity index (χ4n) is 8.92. The van der Waals surface area contributed by atoms with Gasteiger partial charge >= 0.3 is 5.97 Å². The van der Waals surface area contributed by atoms with Crippen molar-refractivity contribution in [2.75, 3.05) is 0 Å². The summed E-state index contributed by atoms with van der Waals surface area (Å²) in [7, 11) is 0. The van der Waals surface area contributed by atoms with E-state index < -0.39 is 23.5 Å². The highest BCUT2D eigenvalue weighted by Crippen LogP contribution is 2.78. The van der Waals surface area contributed by atoms with Gasteiger partial charge in [0.25, 0.3) is 5.91 Å². The molecule has 1 aromatic rings. The molecule has 2 amide bonds. The quantitative estimate of drug-likeness (QED) is 0.0751. The number of carbonyl (C=O) groups excluding carboxylic acids is 2. The van der Waals surface area contributed by atoms with Crippen LogP contribution < -0.4 is 26.6 Å². The minimum absolute atomic E-state index is 0.0208. The molecule has 0 aromatic carbocycles. The van der Waals surface area contributed by atoms with Crippen LogP contribution in [0.25, 0.3) is 12.2 Å². The molecule has 0 radical (unpaired) electrons. The van der Waals surface area contributed by atoms with Gasteiger partial charge in [0.05, 0.1) is 24.4 Å². The van der Waals surface area contributed by atoms with Crippen molar-refractivity contribution < 1.29 is 29.7 Å². The van der Waals surface area contributed by atoms with Crippen molar-refractivity contribution in [3.8, 4) is 0 Å². The summed E-state index contributed by atoms with van der Waals surface area (Å²) in [4.78, 5) is 42.8. The first-order valence-corrected chi connectivity index (χ1v) is 16.6. The second-order valence-electron chi connectivity index (χ2n) is 13.6. The third-order valence-electron chi connectivity index (χ3n) is 11.6. The van der Waals surface area contributed by atoms with E-state index in [9.17, 15) is 29.7 Å². The summed E-state index contributed by atoms with van der Waals surface area (Å²) < 4.78 is -0.118. The van der Waals surface area contributed by atoms with Crippen molar-refractivity contribution in [3.63, 3.8) is 0 Å². The van der Waals surface area contributed by atoms with Crippen LogP contribution in [-0.2, 0) is 32.6 Å². The number of hydrogen-bond donors (Lipinski definition) is 7. The molecule has 7 heterocycles. The van der Waals surface area contributed by atoms with Gasteiger partial charge in [0.2, 0.25) is 10.7 Å². The zero-order valence-corrected chi connectivity index (χ0v) is 27.1. The molecule has 1 aromatic heterocycles. The van der Waals surface area contributed by atoms with Crippen LogP contribution in [0.1, 0.15) is 58.1 Å². The van der Waals surface area contributed by atoms with E-state index >= 15 is 0 Å². The number of aliphatic carboxylic acids is 1. The summed E-state index contributed by atoms with van der Waals surface area (Å²) >= 11 is 1.27. The van der Waals surface area contributed by atoms with E-state index in [2.05, 4.69) is 51.5 Å². The number of nitrogens with one attached hydrogen (secondary N) is 4. The summed E-state index contributed by atoms with van der Waals surface area (Å²) in [6.45, 7) is 14.0. The minimum atomic E-state index is -1.45. The molecule has 7 rings (SSSR count). The van der Waals surface area contributed by atoms with E-state index in [4.69, 9.17) is 0 Å². The maximum atomic E-state index is 12.7. The number of carboxylic acid groups (broad SMARTS) is 1. The van der Waals surface area contributed by atoms with E-state index in [1.54, 1.807) is 6.08 Å². The standard InChI is InChI=1S/C33H41N5O6S/c1-7-19-14(2)21(35-30(19)44)10-23-16(4)33-26(12-28(41)42)38(33)31(33,37-23)13-24-20(8-9-27(39)40)15(3)22(34-24)11-25-32(18(6)45-32)17(5)29(43)36-25/h7,11,13,17-18,21,25-27,34,37,39-40H,1,8-10,12H2,2-6H3,(H,35,44)(H,36,43)(H,41,42)/p+1/b22-11+,24-13-/t17-,18?,21+,25+,26+,31-,32+,33+,38?/m0/s1. The van der Waals surface area contributed by atoms with Crippen molar-refractivity contribution >= 4 is 41.7 Å². The number of H-pyrrole nitrogens is 1. The van der Waals surface area contributed by atoms with Crippen molar-refractivity contribution in [2.45, 2.75) is 106 Å². The number of aromatic nitrogens is 1. The molecular weight excluding hydrogens is 594 g/mol. The topological polar surface area (TPSA) is 167 Å². The third kappa shape index (κ3) is 3.98. The molecule has 4 saturated heterocycles. The van der Waals surface area contributed by atoms with Gasteiger partial charge in [-0.1, -0.05) is 12.7 Å². The molecule has 4 fully saturated rings. The number of amides is 2. The van der Waals surface area contributed by atoms with Gasteiger partial charge < -0.3 is 36.3 Å². The monoisotopic (exact) mass is 636 g/mol. The van der Waals surface area contributed by atoms with Crippen LogP contribution in [0.3, 0.4) is 0 Å². The Labute approximate surface area is 265 Å². The highest BCUT2D eigenvalue weighted by atomic mass is 32.2. The number of aliphatic hydroxyl groups excluding tert-OH is 1. The number of rotatable bonds is 10. The Kier molecular flexibility index (Phi) is 6.63. The highest BCUT2D eigenvalue weighted by Gasteiger charge is 2.96. The molecule has 12 heteroatoms. The smallest absolute Gasteiger partial charge is 0.305 e. The normalized spacial score (nSPS) is 39.8. The zero-order chi connectivity index (χ0) is 32.4. The lowest BCUT2D eigenvalue weighted by atomic mass is 9.88. The largest absolute Gasteiger partial charge is 0.481 e. The number of carboxylic acids is 1. The van der Waals surface area contributed by atoms with Crippen molar-refractivity contribution in [1.82, 2.24) is 25.8 Å². The Morgan fingerprint density at radius 1 is 1.16 bits per heavy atom. The fourth-order valence-corrected chi connectivity index (χ4v) is 10.5. The first-order chi connectivity index (χ1) is 21.2. The number of aromatic amines is 1. The average molecular weight is 637 g/mol. The molecule has 9 atom stereocenters. The average Bonchev–Trinajstić information content (AvgIpc) is 3.85. The van der Waals surface area contributed by atoms with Crippen LogP contribution in [0, 0.1) is 12.8 Å². The summed E-state index contributed by atoms with van der Waals surface area (Å²) in [6, 6.07) is -0.445. The van der Waals surface area contributed by atoms with Crippen LogP contribution in [0.4, 0.5) is 0 Å². The number of nitrogens with zero attached hydrogens (tertiary/aromatic N) is 1. The first-order valence-electron chi connectivity index (χ1n) is 15.7. The molecule has 240 valence electrons. The SMILES string of the molecule is C=CC1=C(C)[C@@H](CC2=C(C)[C@]34[C@@H](CC(=O)O)N3[C@]4(/C=c3\[nH]/c(=C/[C@H]4NC(=O)[C@H](C)[C@]45[SH+]C5C)c(C)c3CCC(O)O)N2)NC1=O. The van der Waals surface area contributed by atoms with Gasteiger partial charge in [0.1, 0.15) is 17.2 Å². The van der Waals surface area contributed by atoms with Crippen LogP contribution in [0.2, 0.25) is 0 Å². The molecule has 6 aliphatic heterocycles. The summed E-state index contributed by atoms with van der Waals surface area (Å²) in [5.41, 5.74) is 4.43. The van der Waals surface area contributed by atoms with E-state index in [1.807, 2.05) is 27.7 Å². The van der Waals surface area contributed by atoms with Gasteiger partial charge in [-0.15, -0.1) is 0 Å². The molecule has 0 saturated carbocycles. The van der Waals surface area contributed by atoms with Gasteiger partial charge in [-0.3, -0.25) is 19.3 Å². The number of aliphatic hydroxyl groups is 2. The Hall–Kier alpha value is -3.32. The number of hydrogen-bond acceptors (Lipinski definition) is 7. The van der Waals surface area contributed by atoms with Crippen LogP contribution >= 0.6 is 0 Å². The first kappa shape index (κ1) is 30.3. The third-order valence-corrected chi connectivity index (χ3v) is 13.6. The predicted octanol–water partition coefficient (Wildman–Crippen LogP) is -0.906. The second kappa shape index (κ2) is 9.84. The van der Waals surface area contributed by atoms with Gasteiger partial charge in [0, 0.05) is 34.8 Å². The van der Waals surface area contributed by atoms with Crippen molar-refractivity contribution in [1.29, 1.82) is 0 Å². The zero-order valence-electron chi connectivity index (χ0n) is 26.2. The van der Waals surface area contributed by atoms with Crippen LogP contribution in [0.5, 0.6) is 0 Å². The summed E-state index contributed by atoms with van der Waals surface area (Å²) in [5, 5.41) is 41.3.